The molecule has 220 valence electrons. The summed E-state index contributed by atoms with van der Waals surface area (Å²) in [4.78, 5) is 29.9. The maximum Gasteiger partial charge on any atom is 0.307 e. The minimum Gasteiger partial charge on any atom is -0.493 e. The smallest absolute Gasteiger partial charge is 0.307 e. The molecule has 1 N–H and O–H groups in total. The van der Waals surface area contributed by atoms with Crippen LogP contribution in [0.25, 0.3) is 11.5 Å². The summed E-state index contributed by atoms with van der Waals surface area (Å²) in [6.45, 7) is 6.34. The summed E-state index contributed by atoms with van der Waals surface area (Å²) in [7, 11) is 0. The average molecular weight is 576 g/mol. The van der Waals surface area contributed by atoms with E-state index in [9.17, 15) is 14.7 Å². The van der Waals surface area contributed by atoms with Gasteiger partial charge in [0.1, 0.15) is 11.5 Å². The fourth-order valence-corrected chi connectivity index (χ4v) is 4.81. The van der Waals surface area contributed by atoms with E-state index in [1.54, 1.807) is 24.3 Å². The first-order valence-electron chi connectivity index (χ1n) is 14.6. The molecular formula is C37H37NO5. The number of hydrogen-bond acceptors (Lipinski definition) is 5. The highest BCUT2D eigenvalue weighted by Crippen LogP contribution is 2.24. The number of rotatable bonds is 12. The van der Waals surface area contributed by atoms with Gasteiger partial charge in [-0.25, -0.2) is 4.98 Å². The van der Waals surface area contributed by atoms with Crippen LogP contribution in [0, 0.1) is 12.8 Å². The number of carboxylic acid groups (broad SMARTS) is 1. The highest BCUT2D eigenvalue weighted by molar-refractivity contribution is 6.09. The SMILES string of the molecule is CC.Cc1oc(-c2ccccc2)nc1CCOc1ccc(CC(Cc2ccccc2C(=O)c2ccccc2)C(=O)O)cc1. The van der Waals surface area contributed by atoms with E-state index in [1.165, 1.54) is 0 Å². The van der Waals surface area contributed by atoms with E-state index < -0.39 is 11.9 Å². The maximum absolute atomic E-state index is 13.1. The molecule has 0 radical (unpaired) electrons. The summed E-state index contributed by atoms with van der Waals surface area (Å²) in [6, 6.07) is 33.6. The van der Waals surface area contributed by atoms with Crippen LogP contribution in [0.5, 0.6) is 5.75 Å². The lowest BCUT2D eigenvalue weighted by atomic mass is 9.88. The lowest BCUT2D eigenvalue weighted by molar-refractivity contribution is -0.141. The van der Waals surface area contributed by atoms with Crippen LogP contribution in [-0.4, -0.2) is 28.4 Å². The lowest BCUT2D eigenvalue weighted by Gasteiger charge is -2.16. The van der Waals surface area contributed by atoms with Gasteiger partial charge in [-0.05, 0) is 55.2 Å². The van der Waals surface area contributed by atoms with Crippen molar-refractivity contribution in [3.63, 3.8) is 0 Å². The average Bonchev–Trinajstić information content (AvgIpc) is 3.43. The number of ketones is 1. The minimum atomic E-state index is -0.898. The summed E-state index contributed by atoms with van der Waals surface area (Å²) in [5.74, 6) is 0.385. The molecule has 0 aliphatic rings. The highest BCUT2D eigenvalue weighted by atomic mass is 16.5. The largest absolute Gasteiger partial charge is 0.493 e. The molecule has 1 aromatic heterocycles. The van der Waals surface area contributed by atoms with Gasteiger partial charge in [0.25, 0.3) is 0 Å². The van der Waals surface area contributed by atoms with E-state index in [1.807, 2.05) is 106 Å². The number of oxazole rings is 1. The van der Waals surface area contributed by atoms with Crippen molar-refractivity contribution >= 4 is 11.8 Å². The normalized spacial score (nSPS) is 11.2. The standard InChI is InChI=1S/C35H31NO5.C2H6/c1-24-32(36-34(41-24)27-12-6-3-7-13-27)20-21-40-30-18-16-25(17-19-30)22-29(35(38)39)23-28-14-8-9-15-31(28)33(37)26-10-4-2-5-11-26;1-2/h2-19,29H,20-23H2,1H3,(H,38,39);1-2H3. The minimum absolute atomic E-state index is 0.107. The Labute approximate surface area is 253 Å². The monoisotopic (exact) mass is 575 g/mol. The molecule has 1 unspecified atom stereocenters. The zero-order chi connectivity index (χ0) is 30.6. The molecule has 0 aliphatic heterocycles. The van der Waals surface area contributed by atoms with Crippen LogP contribution in [0.1, 0.15) is 52.3 Å². The predicted octanol–water partition coefficient (Wildman–Crippen LogP) is 8.01. The van der Waals surface area contributed by atoms with Crippen molar-refractivity contribution in [2.75, 3.05) is 6.61 Å². The van der Waals surface area contributed by atoms with Gasteiger partial charge in [0.05, 0.1) is 18.2 Å². The van der Waals surface area contributed by atoms with E-state index >= 15 is 0 Å². The van der Waals surface area contributed by atoms with Crippen molar-refractivity contribution in [3.8, 4) is 17.2 Å². The fourth-order valence-electron chi connectivity index (χ4n) is 4.81. The van der Waals surface area contributed by atoms with Crippen molar-refractivity contribution in [3.05, 3.63) is 143 Å². The Morgan fingerprint density at radius 1 is 0.814 bits per heavy atom. The Bertz CT molecular complexity index is 1610. The van der Waals surface area contributed by atoms with Gasteiger partial charge in [0.2, 0.25) is 5.89 Å². The molecule has 0 spiro atoms. The van der Waals surface area contributed by atoms with E-state index in [0.29, 0.717) is 42.2 Å². The number of hydrogen-bond donors (Lipinski definition) is 1. The molecular weight excluding hydrogens is 538 g/mol. The second-order valence-electron chi connectivity index (χ2n) is 9.93. The molecule has 0 saturated heterocycles. The molecule has 0 aliphatic carbocycles. The third-order valence-corrected chi connectivity index (χ3v) is 7.04. The molecule has 0 saturated carbocycles. The first-order chi connectivity index (χ1) is 21.0. The number of aryl methyl sites for hydroxylation is 1. The number of benzene rings is 4. The Morgan fingerprint density at radius 3 is 2.12 bits per heavy atom. The van der Waals surface area contributed by atoms with Gasteiger partial charge in [-0.3, -0.25) is 9.59 Å². The molecule has 1 heterocycles. The molecule has 4 aromatic carbocycles. The molecule has 43 heavy (non-hydrogen) atoms. The quantitative estimate of drug-likeness (QED) is 0.152. The van der Waals surface area contributed by atoms with Crippen molar-refractivity contribution in [1.29, 1.82) is 0 Å². The first kappa shape index (κ1) is 31.0. The van der Waals surface area contributed by atoms with Crippen LogP contribution in [-0.2, 0) is 24.1 Å². The van der Waals surface area contributed by atoms with Crippen molar-refractivity contribution in [2.24, 2.45) is 5.92 Å². The Kier molecular flexibility index (Phi) is 11.0. The van der Waals surface area contributed by atoms with E-state index in [0.717, 1.165) is 28.1 Å². The zero-order valence-corrected chi connectivity index (χ0v) is 24.8. The number of aliphatic carboxylic acids is 1. The predicted molar refractivity (Wildman–Crippen MR) is 169 cm³/mol. The van der Waals surface area contributed by atoms with Gasteiger partial charge in [-0.2, -0.15) is 0 Å². The van der Waals surface area contributed by atoms with E-state index in [-0.39, 0.29) is 12.2 Å². The number of ether oxygens (including phenoxy) is 1. The number of nitrogens with zero attached hydrogens (tertiary/aromatic N) is 1. The lowest BCUT2D eigenvalue weighted by Crippen LogP contribution is -2.20. The third kappa shape index (κ3) is 8.29. The van der Waals surface area contributed by atoms with Gasteiger partial charge in [0, 0.05) is 23.1 Å². The molecule has 0 fully saturated rings. The van der Waals surface area contributed by atoms with Crippen LogP contribution in [0.4, 0.5) is 0 Å². The zero-order valence-electron chi connectivity index (χ0n) is 24.8. The Hall–Kier alpha value is -4.97. The van der Waals surface area contributed by atoms with Gasteiger partial charge < -0.3 is 14.3 Å². The molecule has 5 aromatic rings. The van der Waals surface area contributed by atoms with Gasteiger partial charge in [-0.15, -0.1) is 0 Å². The van der Waals surface area contributed by atoms with Gasteiger partial charge in [0.15, 0.2) is 5.78 Å². The van der Waals surface area contributed by atoms with E-state index in [2.05, 4.69) is 4.98 Å². The van der Waals surface area contributed by atoms with Crippen molar-refractivity contribution in [2.45, 2.75) is 40.0 Å². The second-order valence-corrected chi connectivity index (χ2v) is 9.93. The van der Waals surface area contributed by atoms with E-state index in [4.69, 9.17) is 9.15 Å². The number of carbonyl (C=O) groups is 2. The van der Waals surface area contributed by atoms with Crippen molar-refractivity contribution in [1.82, 2.24) is 4.98 Å². The van der Waals surface area contributed by atoms with Crippen LogP contribution in [0.2, 0.25) is 0 Å². The molecule has 6 nitrogen and oxygen atoms in total. The van der Waals surface area contributed by atoms with Gasteiger partial charge >= 0.3 is 5.97 Å². The maximum atomic E-state index is 13.1. The molecule has 0 bridgehead atoms. The van der Waals surface area contributed by atoms with Crippen LogP contribution in [0.3, 0.4) is 0 Å². The fraction of sp³-hybridized carbons (Fsp3) is 0.216. The molecule has 5 rings (SSSR count). The second kappa shape index (κ2) is 15.3. The topological polar surface area (TPSA) is 89.6 Å². The summed E-state index contributed by atoms with van der Waals surface area (Å²) < 4.78 is 11.8. The number of carbonyl (C=O) groups excluding carboxylic acids is 1. The summed E-state index contributed by atoms with van der Waals surface area (Å²) in [5.41, 5.74) is 4.52. The highest BCUT2D eigenvalue weighted by Gasteiger charge is 2.22. The Balaban J connectivity index is 0.00000207. The number of aromatic nitrogens is 1. The Morgan fingerprint density at radius 2 is 1.44 bits per heavy atom. The summed E-state index contributed by atoms with van der Waals surface area (Å²) >= 11 is 0. The molecule has 6 heteroatoms. The molecule has 1 atom stereocenters. The summed E-state index contributed by atoms with van der Waals surface area (Å²) in [5, 5.41) is 10.00. The number of carboxylic acids is 1. The van der Waals surface area contributed by atoms with Crippen LogP contribution >= 0.6 is 0 Å². The first-order valence-corrected chi connectivity index (χ1v) is 14.6. The third-order valence-electron chi connectivity index (χ3n) is 7.04. The van der Waals surface area contributed by atoms with Gasteiger partial charge in [-0.1, -0.05) is 98.8 Å². The van der Waals surface area contributed by atoms with Crippen molar-refractivity contribution < 1.29 is 23.8 Å². The van der Waals surface area contributed by atoms with Crippen LogP contribution in [0.15, 0.2) is 114 Å². The molecule has 0 amide bonds. The summed E-state index contributed by atoms with van der Waals surface area (Å²) in [6.07, 6.45) is 1.19. The van der Waals surface area contributed by atoms with Crippen LogP contribution < -0.4 is 4.74 Å².